The van der Waals surface area contributed by atoms with Gasteiger partial charge in [-0.25, -0.2) is 12.8 Å². The third-order valence-corrected chi connectivity index (χ3v) is 8.15. The van der Waals surface area contributed by atoms with Crippen LogP contribution in [0.2, 0.25) is 0 Å². The highest BCUT2D eigenvalue weighted by atomic mass is 79.9. The summed E-state index contributed by atoms with van der Waals surface area (Å²) in [6.45, 7) is 5.50. The second kappa shape index (κ2) is 7.02. The molecule has 7 heteroatoms. The molecule has 0 amide bonds. The van der Waals surface area contributed by atoms with E-state index in [0.717, 1.165) is 12.8 Å². The molecule has 0 saturated carbocycles. The molecule has 0 unspecified atom stereocenters. The van der Waals surface area contributed by atoms with E-state index in [2.05, 4.69) is 34.7 Å². The first kappa shape index (κ1) is 18.3. The van der Waals surface area contributed by atoms with E-state index in [4.69, 9.17) is 0 Å². The lowest BCUT2D eigenvalue weighted by atomic mass is 10.0. The fourth-order valence-electron chi connectivity index (χ4n) is 4.14. The van der Waals surface area contributed by atoms with E-state index >= 15 is 0 Å². The summed E-state index contributed by atoms with van der Waals surface area (Å²) in [5.41, 5.74) is 0. The van der Waals surface area contributed by atoms with Gasteiger partial charge in [-0.3, -0.25) is 4.90 Å². The quantitative estimate of drug-likeness (QED) is 0.752. The molecule has 2 aliphatic heterocycles. The van der Waals surface area contributed by atoms with Crippen molar-refractivity contribution in [2.24, 2.45) is 0 Å². The summed E-state index contributed by atoms with van der Waals surface area (Å²) >= 11 is 3.19. The first-order valence-corrected chi connectivity index (χ1v) is 10.8. The fourth-order valence-corrected chi connectivity index (χ4v) is 6.67. The molecule has 0 bridgehead atoms. The second-order valence-corrected chi connectivity index (χ2v) is 9.72. The molecule has 0 spiro atoms. The third-order valence-electron chi connectivity index (χ3n) is 5.31. The largest absolute Gasteiger partial charge is 0.294 e. The molecule has 3 atom stereocenters. The lowest BCUT2D eigenvalue weighted by Gasteiger charge is -2.41. The van der Waals surface area contributed by atoms with E-state index < -0.39 is 15.8 Å². The molecule has 0 aliphatic carbocycles. The topological polar surface area (TPSA) is 40.6 Å². The van der Waals surface area contributed by atoms with Crippen LogP contribution in [0.25, 0.3) is 0 Å². The average molecular weight is 419 g/mol. The van der Waals surface area contributed by atoms with Crippen LogP contribution in [-0.2, 0) is 10.0 Å². The Hall–Kier alpha value is -0.500. The van der Waals surface area contributed by atoms with Gasteiger partial charge in [-0.15, -0.1) is 0 Å². The molecule has 3 rings (SSSR count). The van der Waals surface area contributed by atoms with Crippen LogP contribution in [0.15, 0.2) is 27.6 Å². The smallest absolute Gasteiger partial charge is 0.244 e. The zero-order valence-electron chi connectivity index (χ0n) is 14.1. The van der Waals surface area contributed by atoms with Crippen LogP contribution in [0, 0.1) is 5.82 Å². The number of hydrogen-bond donors (Lipinski definition) is 0. The van der Waals surface area contributed by atoms with Crippen LogP contribution >= 0.6 is 15.9 Å². The van der Waals surface area contributed by atoms with Gasteiger partial charge in [0.1, 0.15) is 5.82 Å². The summed E-state index contributed by atoms with van der Waals surface area (Å²) in [5, 5.41) is 0. The lowest BCUT2D eigenvalue weighted by molar-refractivity contribution is 0.0979. The molecule has 134 valence electrons. The number of likely N-dealkylation sites (tertiary alicyclic amines) is 1. The minimum Gasteiger partial charge on any atom is -0.294 e. The Bertz CT molecular complexity index is 703. The Balaban J connectivity index is 1.83. The SMILES string of the molecule is C[C@@H]1CC[C@@H](C)N1[C@H]1CCCN(S(=O)(=O)c2ccc(F)cc2Br)C1. The lowest BCUT2D eigenvalue weighted by Crippen LogP contribution is -2.52. The van der Waals surface area contributed by atoms with Gasteiger partial charge < -0.3 is 0 Å². The van der Waals surface area contributed by atoms with Crippen molar-refractivity contribution in [1.82, 2.24) is 9.21 Å². The van der Waals surface area contributed by atoms with Crippen molar-refractivity contribution in [3.63, 3.8) is 0 Å². The van der Waals surface area contributed by atoms with E-state index in [9.17, 15) is 12.8 Å². The van der Waals surface area contributed by atoms with Gasteiger partial charge in [0, 0.05) is 35.7 Å². The molecular formula is C17H24BrFN2O2S. The molecular weight excluding hydrogens is 395 g/mol. The zero-order chi connectivity index (χ0) is 17.5. The maximum atomic E-state index is 13.3. The molecule has 2 fully saturated rings. The molecule has 1 aromatic carbocycles. The summed E-state index contributed by atoms with van der Waals surface area (Å²) in [6.07, 6.45) is 4.24. The highest BCUT2D eigenvalue weighted by Gasteiger charge is 2.38. The Labute approximate surface area is 152 Å². The van der Waals surface area contributed by atoms with E-state index in [1.54, 1.807) is 4.31 Å². The molecule has 1 aromatic rings. The first-order valence-electron chi connectivity index (χ1n) is 8.53. The number of piperidine rings is 1. The van der Waals surface area contributed by atoms with Crippen molar-refractivity contribution >= 4 is 26.0 Å². The Morgan fingerprint density at radius 3 is 2.46 bits per heavy atom. The van der Waals surface area contributed by atoms with Crippen LogP contribution in [0.1, 0.15) is 39.5 Å². The van der Waals surface area contributed by atoms with Crippen molar-refractivity contribution in [2.45, 2.75) is 62.6 Å². The van der Waals surface area contributed by atoms with Gasteiger partial charge in [0.15, 0.2) is 0 Å². The molecule has 2 saturated heterocycles. The molecule has 0 aromatic heterocycles. The number of sulfonamides is 1. The minimum absolute atomic E-state index is 0.145. The van der Waals surface area contributed by atoms with Gasteiger partial charge in [-0.2, -0.15) is 4.31 Å². The van der Waals surface area contributed by atoms with Gasteiger partial charge in [0.05, 0.1) is 4.90 Å². The Morgan fingerprint density at radius 2 is 1.83 bits per heavy atom. The highest BCUT2D eigenvalue weighted by molar-refractivity contribution is 9.10. The maximum Gasteiger partial charge on any atom is 0.244 e. The van der Waals surface area contributed by atoms with Crippen LogP contribution in [0.4, 0.5) is 4.39 Å². The molecule has 4 nitrogen and oxygen atoms in total. The van der Waals surface area contributed by atoms with Gasteiger partial charge in [0.2, 0.25) is 10.0 Å². The first-order chi connectivity index (χ1) is 11.3. The Morgan fingerprint density at radius 1 is 1.17 bits per heavy atom. The summed E-state index contributed by atoms with van der Waals surface area (Å²) in [4.78, 5) is 2.63. The summed E-state index contributed by atoms with van der Waals surface area (Å²) in [5.74, 6) is -0.447. The van der Waals surface area contributed by atoms with Crippen LogP contribution in [0.3, 0.4) is 0 Å². The molecule has 2 aliphatic rings. The molecule has 24 heavy (non-hydrogen) atoms. The highest BCUT2D eigenvalue weighted by Crippen LogP contribution is 2.33. The van der Waals surface area contributed by atoms with Crippen molar-refractivity contribution in [2.75, 3.05) is 13.1 Å². The number of benzene rings is 1. The van der Waals surface area contributed by atoms with Crippen molar-refractivity contribution in [3.8, 4) is 0 Å². The molecule has 2 heterocycles. The van der Waals surface area contributed by atoms with Crippen LogP contribution in [0.5, 0.6) is 0 Å². The van der Waals surface area contributed by atoms with Gasteiger partial charge >= 0.3 is 0 Å². The number of rotatable bonds is 3. The monoisotopic (exact) mass is 418 g/mol. The predicted molar refractivity (Wildman–Crippen MR) is 95.9 cm³/mol. The average Bonchev–Trinajstić information content (AvgIpc) is 2.86. The van der Waals surface area contributed by atoms with E-state index in [1.807, 2.05) is 0 Å². The maximum absolute atomic E-state index is 13.3. The van der Waals surface area contributed by atoms with E-state index in [1.165, 1.54) is 31.0 Å². The summed E-state index contributed by atoms with van der Waals surface area (Å²) < 4.78 is 41.1. The number of nitrogens with zero attached hydrogens (tertiary/aromatic N) is 2. The van der Waals surface area contributed by atoms with Crippen molar-refractivity contribution in [3.05, 3.63) is 28.5 Å². The zero-order valence-corrected chi connectivity index (χ0v) is 16.5. The fraction of sp³-hybridized carbons (Fsp3) is 0.647. The van der Waals surface area contributed by atoms with Crippen LogP contribution < -0.4 is 0 Å². The van der Waals surface area contributed by atoms with E-state index in [-0.39, 0.29) is 15.4 Å². The van der Waals surface area contributed by atoms with Gasteiger partial charge in [0.25, 0.3) is 0 Å². The normalized spacial score (nSPS) is 29.9. The minimum atomic E-state index is -3.61. The molecule has 0 radical (unpaired) electrons. The standard InChI is InChI=1S/C17H24BrFN2O2S/c1-12-5-6-13(2)21(12)15-4-3-9-20(11-15)24(22,23)17-8-7-14(19)10-16(17)18/h7-8,10,12-13,15H,3-6,9,11H2,1-2H3/t12-,13-,15+/m1/s1. The summed E-state index contributed by atoms with van der Waals surface area (Å²) in [7, 11) is -3.61. The Kier molecular flexibility index (Phi) is 5.35. The predicted octanol–water partition coefficient (Wildman–Crippen LogP) is 3.61. The molecule has 0 N–H and O–H groups in total. The second-order valence-electron chi connectivity index (χ2n) is 6.96. The third kappa shape index (κ3) is 3.41. The number of hydrogen-bond acceptors (Lipinski definition) is 3. The van der Waals surface area contributed by atoms with Gasteiger partial charge in [-0.1, -0.05) is 0 Å². The number of halogens is 2. The van der Waals surface area contributed by atoms with Crippen molar-refractivity contribution in [1.29, 1.82) is 0 Å². The summed E-state index contributed by atoms with van der Waals surface area (Å²) in [6, 6.07) is 5.03. The van der Waals surface area contributed by atoms with Gasteiger partial charge in [-0.05, 0) is 73.7 Å². The van der Waals surface area contributed by atoms with E-state index in [0.29, 0.717) is 25.2 Å². The van der Waals surface area contributed by atoms with Crippen molar-refractivity contribution < 1.29 is 12.8 Å². The van der Waals surface area contributed by atoms with Crippen LogP contribution in [-0.4, -0.2) is 48.8 Å².